The molecule has 108 valence electrons. The average Bonchev–Trinajstić information content (AvgIpc) is 2.43. The Kier molecular flexibility index (Phi) is 6.83. The van der Waals surface area contributed by atoms with Gasteiger partial charge in [-0.2, -0.15) is 0 Å². The topological polar surface area (TPSA) is 64.6 Å². The molecule has 0 spiro atoms. The molecular weight excluding hydrogens is 266 g/mol. The Morgan fingerprint density at radius 2 is 1.89 bits per heavy atom. The summed E-state index contributed by atoms with van der Waals surface area (Å²) in [5, 5.41) is 3.09. The van der Waals surface area contributed by atoms with E-state index in [1.54, 1.807) is 32.2 Å². The molecule has 0 aromatic heterocycles. The molecular formula is C13H21NO4S. The maximum atomic E-state index is 11.9. The Morgan fingerprint density at radius 1 is 1.16 bits per heavy atom. The van der Waals surface area contributed by atoms with Gasteiger partial charge in [-0.05, 0) is 12.1 Å². The number of ether oxygens (including phenoxy) is 2. The van der Waals surface area contributed by atoms with Crippen molar-refractivity contribution in [2.75, 3.05) is 44.5 Å². The highest BCUT2D eigenvalue weighted by molar-refractivity contribution is 7.91. The number of para-hydroxylation sites is 1. The number of methoxy groups -OCH3 is 1. The molecule has 0 unspecified atom stereocenters. The lowest BCUT2D eigenvalue weighted by Crippen LogP contribution is -2.14. The molecule has 0 aliphatic heterocycles. The fraction of sp³-hybridized carbons (Fsp3) is 0.538. The molecule has 0 heterocycles. The fourth-order valence-electron chi connectivity index (χ4n) is 1.54. The van der Waals surface area contributed by atoms with Gasteiger partial charge in [0.15, 0.2) is 9.84 Å². The van der Waals surface area contributed by atoms with Crippen LogP contribution in [-0.4, -0.2) is 47.6 Å². The zero-order valence-electron chi connectivity index (χ0n) is 11.4. The third-order valence-corrected chi connectivity index (χ3v) is 4.38. The van der Waals surface area contributed by atoms with Crippen LogP contribution in [0.5, 0.6) is 0 Å². The summed E-state index contributed by atoms with van der Waals surface area (Å²) in [5.74, 6) is 0.0933. The van der Waals surface area contributed by atoms with E-state index in [0.717, 1.165) is 0 Å². The van der Waals surface area contributed by atoms with Gasteiger partial charge < -0.3 is 14.8 Å². The van der Waals surface area contributed by atoms with E-state index >= 15 is 0 Å². The smallest absolute Gasteiger partial charge is 0.180 e. The molecule has 0 aliphatic rings. The van der Waals surface area contributed by atoms with Crippen molar-refractivity contribution in [3.8, 4) is 0 Å². The third kappa shape index (κ3) is 5.18. The molecule has 0 saturated carbocycles. The van der Waals surface area contributed by atoms with Crippen LogP contribution in [0.4, 0.5) is 5.69 Å². The first kappa shape index (κ1) is 15.9. The second-order valence-electron chi connectivity index (χ2n) is 3.93. The van der Waals surface area contributed by atoms with Crippen molar-refractivity contribution >= 4 is 15.5 Å². The molecule has 0 atom stereocenters. The fourth-order valence-corrected chi connectivity index (χ4v) is 2.61. The Bertz CT molecular complexity index is 473. The van der Waals surface area contributed by atoms with Crippen molar-refractivity contribution in [3.63, 3.8) is 0 Å². The van der Waals surface area contributed by atoms with Crippen LogP contribution in [0, 0.1) is 0 Å². The van der Waals surface area contributed by atoms with Gasteiger partial charge in [0.2, 0.25) is 0 Å². The number of sulfone groups is 1. The van der Waals surface area contributed by atoms with Gasteiger partial charge in [-0.3, -0.25) is 0 Å². The highest BCUT2D eigenvalue weighted by atomic mass is 32.2. The predicted molar refractivity (Wildman–Crippen MR) is 75.4 cm³/mol. The van der Waals surface area contributed by atoms with Crippen LogP contribution in [0.3, 0.4) is 0 Å². The number of hydrogen-bond acceptors (Lipinski definition) is 5. The van der Waals surface area contributed by atoms with Crippen molar-refractivity contribution in [3.05, 3.63) is 24.3 Å². The molecule has 1 rings (SSSR count). The minimum absolute atomic E-state index is 0.0933. The molecule has 1 aromatic rings. The van der Waals surface area contributed by atoms with E-state index in [2.05, 4.69) is 5.32 Å². The number of anilines is 1. The lowest BCUT2D eigenvalue weighted by molar-refractivity contribution is 0.0759. The second-order valence-corrected chi connectivity index (χ2v) is 6.18. The average molecular weight is 287 g/mol. The predicted octanol–water partition coefficient (Wildman–Crippen LogP) is 1.56. The van der Waals surface area contributed by atoms with Gasteiger partial charge >= 0.3 is 0 Å². The highest BCUT2D eigenvalue weighted by Gasteiger charge is 2.15. The maximum absolute atomic E-state index is 11.9. The maximum Gasteiger partial charge on any atom is 0.180 e. The minimum atomic E-state index is -3.20. The largest absolute Gasteiger partial charge is 0.382 e. The Hall–Kier alpha value is -1.11. The molecule has 1 aromatic carbocycles. The van der Waals surface area contributed by atoms with Crippen molar-refractivity contribution in [2.24, 2.45) is 0 Å². The standard InChI is InChI=1S/C13H21NO4S/c1-3-19(15,16)13-7-5-4-6-12(13)14-8-9-18-11-10-17-2/h4-7,14H,3,8-11H2,1-2H3. The number of hydrogen-bond donors (Lipinski definition) is 1. The lowest BCUT2D eigenvalue weighted by Gasteiger charge is -2.11. The molecule has 0 aliphatic carbocycles. The Balaban J connectivity index is 2.55. The van der Waals surface area contributed by atoms with Gasteiger partial charge in [-0.1, -0.05) is 19.1 Å². The van der Waals surface area contributed by atoms with E-state index in [0.29, 0.717) is 36.9 Å². The van der Waals surface area contributed by atoms with E-state index in [4.69, 9.17) is 9.47 Å². The van der Waals surface area contributed by atoms with Gasteiger partial charge in [-0.15, -0.1) is 0 Å². The molecule has 0 amide bonds. The molecule has 5 nitrogen and oxygen atoms in total. The molecule has 6 heteroatoms. The first-order chi connectivity index (χ1) is 9.11. The van der Waals surface area contributed by atoms with Gasteiger partial charge in [0.1, 0.15) is 0 Å². The van der Waals surface area contributed by atoms with Crippen molar-refractivity contribution in [2.45, 2.75) is 11.8 Å². The SMILES string of the molecule is CCS(=O)(=O)c1ccccc1NCCOCCOC. The first-order valence-corrected chi connectivity index (χ1v) is 7.89. The van der Waals surface area contributed by atoms with Gasteiger partial charge in [0.25, 0.3) is 0 Å². The van der Waals surface area contributed by atoms with E-state index < -0.39 is 9.84 Å². The van der Waals surface area contributed by atoms with Crippen LogP contribution in [0.2, 0.25) is 0 Å². The highest BCUT2D eigenvalue weighted by Crippen LogP contribution is 2.21. The molecule has 19 heavy (non-hydrogen) atoms. The summed E-state index contributed by atoms with van der Waals surface area (Å²) in [6, 6.07) is 6.91. The molecule has 0 saturated heterocycles. The summed E-state index contributed by atoms with van der Waals surface area (Å²) in [5.41, 5.74) is 0.625. The molecule has 0 radical (unpaired) electrons. The van der Waals surface area contributed by atoms with Crippen molar-refractivity contribution in [1.82, 2.24) is 0 Å². The summed E-state index contributed by atoms with van der Waals surface area (Å²) in [7, 11) is -1.58. The summed E-state index contributed by atoms with van der Waals surface area (Å²) in [6.45, 7) is 3.79. The second kappa shape index (κ2) is 8.14. The zero-order chi connectivity index (χ0) is 14.1. The third-order valence-electron chi connectivity index (χ3n) is 2.60. The van der Waals surface area contributed by atoms with E-state index in [1.807, 2.05) is 6.07 Å². The summed E-state index contributed by atoms with van der Waals surface area (Å²) in [4.78, 5) is 0.342. The van der Waals surface area contributed by atoms with Crippen LogP contribution in [-0.2, 0) is 19.3 Å². The van der Waals surface area contributed by atoms with Gasteiger partial charge in [0, 0.05) is 13.7 Å². The van der Waals surface area contributed by atoms with Crippen LogP contribution >= 0.6 is 0 Å². The summed E-state index contributed by atoms with van der Waals surface area (Å²) >= 11 is 0. The quantitative estimate of drug-likeness (QED) is 0.698. The normalized spacial score (nSPS) is 11.5. The molecule has 1 N–H and O–H groups in total. The van der Waals surface area contributed by atoms with Gasteiger partial charge in [0.05, 0.1) is 36.2 Å². The monoisotopic (exact) mass is 287 g/mol. The van der Waals surface area contributed by atoms with Crippen LogP contribution < -0.4 is 5.32 Å². The minimum Gasteiger partial charge on any atom is -0.382 e. The molecule has 0 bridgehead atoms. The number of nitrogens with one attached hydrogen (secondary N) is 1. The zero-order valence-corrected chi connectivity index (χ0v) is 12.2. The Labute approximate surface area is 114 Å². The van der Waals surface area contributed by atoms with E-state index in [-0.39, 0.29) is 5.75 Å². The lowest BCUT2D eigenvalue weighted by atomic mass is 10.3. The van der Waals surface area contributed by atoms with Crippen LogP contribution in [0.1, 0.15) is 6.92 Å². The first-order valence-electron chi connectivity index (χ1n) is 6.24. The van der Waals surface area contributed by atoms with Gasteiger partial charge in [-0.25, -0.2) is 8.42 Å². The van der Waals surface area contributed by atoms with Crippen molar-refractivity contribution < 1.29 is 17.9 Å². The van der Waals surface area contributed by atoms with Crippen LogP contribution in [0.15, 0.2) is 29.2 Å². The number of benzene rings is 1. The van der Waals surface area contributed by atoms with Crippen LogP contribution in [0.25, 0.3) is 0 Å². The molecule has 0 fully saturated rings. The number of rotatable bonds is 9. The summed E-state index contributed by atoms with van der Waals surface area (Å²) in [6.07, 6.45) is 0. The van der Waals surface area contributed by atoms with E-state index in [1.165, 1.54) is 0 Å². The Morgan fingerprint density at radius 3 is 2.58 bits per heavy atom. The van der Waals surface area contributed by atoms with Crippen molar-refractivity contribution in [1.29, 1.82) is 0 Å². The van der Waals surface area contributed by atoms with E-state index in [9.17, 15) is 8.42 Å². The summed E-state index contributed by atoms with van der Waals surface area (Å²) < 4.78 is 34.0.